The van der Waals surface area contributed by atoms with Crippen LogP contribution in [0.5, 0.6) is 5.75 Å². The Morgan fingerprint density at radius 1 is 0.757 bits per heavy atom. The van der Waals surface area contributed by atoms with Crippen LogP contribution in [-0.4, -0.2) is 23.8 Å². The standard InChI is InChI=1S/C31H29NO5/c1-2-36-29-16-15-27(26-10-6-7-23(17-26)18-30(33)34)19-28(29)20-32-31(35)37-21-22-11-13-25(14-12-22)24-8-4-3-5-9-24/h3-17,19H,2,18,20-21H2,1H3,(H,32,35)(H,33,34). The van der Waals surface area contributed by atoms with E-state index in [0.29, 0.717) is 12.4 Å². The van der Waals surface area contributed by atoms with Crippen LogP contribution < -0.4 is 10.1 Å². The van der Waals surface area contributed by atoms with Crippen LogP contribution in [0, 0.1) is 0 Å². The molecule has 1 amide bonds. The summed E-state index contributed by atoms with van der Waals surface area (Å²) in [6.07, 6.45) is -0.566. The number of aliphatic carboxylic acids is 1. The topological polar surface area (TPSA) is 84.9 Å². The number of carboxylic acid groups (broad SMARTS) is 1. The van der Waals surface area contributed by atoms with E-state index in [1.807, 2.05) is 85.8 Å². The zero-order valence-electron chi connectivity index (χ0n) is 20.6. The Labute approximate surface area is 216 Å². The third-order valence-corrected chi connectivity index (χ3v) is 5.83. The maximum atomic E-state index is 12.4. The molecule has 0 saturated heterocycles. The molecule has 0 aliphatic rings. The van der Waals surface area contributed by atoms with Crippen molar-refractivity contribution in [2.75, 3.05) is 6.61 Å². The molecule has 4 aromatic carbocycles. The molecule has 6 heteroatoms. The largest absolute Gasteiger partial charge is 0.494 e. The summed E-state index contributed by atoms with van der Waals surface area (Å²) < 4.78 is 11.2. The number of rotatable bonds is 10. The number of carboxylic acids is 1. The SMILES string of the molecule is CCOc1ccc(-c2cccc(CC(=O)O)c2)cc1CNC(=O)OCc1ccc(-c2ccccc2)cc1. The number of carbonyl (C=O) groups is 2. The molecule has 0 aliphatic heterocycles. The van der Waals surface area contributed by atoms with E-state index in [-0.39, 0.29) is 19.6 Å². The fourth-order valence-corrected chi connectivity index (χ4v) is 4.02. The molecule has 0 atom stereocenters. The molecule has 37 heavy (non-hydrogen) atoms. The van der Waals surface area contributed by atoms with Crippen molar-refractivity contribution < 1.29 is 24.2 Å². The van der Waals surface area contributed by atoms with Gasteiger partial charge in [0.2, 0.25) is 0 Å². The van der Waals surface area contributed by atoms with Crippen LogP contribution in [0.15, 0.2) is 97.1 Å². The van der Waals surface area contributed by atoms with Crippen LogP contribution >= 0.6 is 0 Å². The smallest absolute Gasteiger partial charge is 0.407 e. The Hall–Kier alpha value is -4.58. The molecule has 0 aliphatic carbocycles. The molecule has 0 saturated carbocycles. The zero-order chi connectivity index (χ0) is 26.0. The first-order valence-electron chi connectivity index (χ1n) is 12.1. The van der Waals surface area contributed by atoms with Crippen molar-refractivity contribution >= 4 is 12.1 Å². The highest BCUT2D eigenvalue weighted by Gasteiger charge is 2.11. The van der Waals surface area contributed by atoms with Gasteiger partial charge < -0.3 is 19.9 Å². The van der Waals surface area contributed by atoms with Gasteiger partial charge in [-0.25, -0.2) is 4.79 Å². The van der Waals surface area contributed by atoms with Crippen molar-refractivity contribution in [3.05, 3.63) is 114 Å². The van der Waals surface area contributed by atoms with Gasteiger partial charge in [-0.05, 0) is 52.4 Å². The summed E-state index contributed by atoms with van der Waals surface area (Å²) in [5.74, 6) is -0.205. The van der Waals surface area contributed by atoms with Crippen molar-refractivity contribution in [3.8, 4) is 28.0 Å². The lowest BCUT2D eigenvalue weighted by molar-refractivity contribution is -0.136. The number of alkyl carbamates (subject to hydrolysis) is 1. The maximum absolute atomic E-state index is 12.4. The number of carbonyl (C=O) groups excluding carboxylic acids is 1. The third-order valence-electron chi connectivity index (χ3n) is 5.83. The molecule has 4 aromatic rings. The zero-order valence-corrected chi connectivity index (χ0v) is 20.6. The lowest BCUT2D eigenvalue weighted by atomic mass is 9.99. The van der Waals surface area contributed by atoms with E-state index >= 15 is 0 Å². The van der Waals surface area contributed by atoms with E-state index < -0.39 is 12.1 Å². The van der Waals surface area contributed by atoms with Gasteiger partial charge in [0.05, 0.1) is 13.0 Å². The summed E-state index contributed by atoms with van der Waals surface area (Å²) in [5.41, 5.74) is 6.45. The summed E-state index contributed by atoms with van der Waals surface area (Å²) in [6.45, 7) is 2.78. The number of amides is 1. The van der Waals surface area contributed by atoms with Gasteiger partial charge in [-0.15, -0.1) is 0 Å². The van der Waals surface area contributed by atoms with Crippen molar-refractivity contribution in [3.63, 3.8) is 0 Å². The highest BCUT2D eigenvalue weighted by atomic mass is 16.5. The Kier molecular flexibility index (Phi) is 8.55. The molecule has 0 radical (unpaired) electrons. The third kappa shape index (κ3) is 7.21. The van der Waals surface area contributed by atoms with Crippen molar-refractivity contribution in [1.29, 1.82) is 0 Å². The summed E-state index contributed by atoms with van der Waals surface area (Å²) >= 11 is 0. The second kappa shape index (κ2) is 12.4. The molecule has 188 valence electrons. The van der Waals surface area contributed by atoms with Gasteiger partial charge in [-0.2, -0.15) is 0 Å². The molecule has 2 N–H and O–H groups in total. The monoisotopic (exact) mass is 495 g/mol. The van der Waals surface area contributed by atoms with E-state index in [1.54, 1.807) is 6.07 Å². The first-order chi connectivity index (χ1) is 18.0. The van der Waals surface area contributed by atoms with Crippen molar-refractivity contribution in [2.45, 2.75) is 26.5 Å². The lowest BCUT2D eigenvalue weighted by Crippen LogP contribution is -2.24. The Bertz CT molecular complexity index is 1350. The van der Waals surface area contributed by atoms with Crippen LogP contribution in [0.2, 0.25) is 0 Å². The van der Waals surface area contributed by atoms with Gasteiger partial charge in [-0.1, -0.05) is 84.9 Å². The molecule has 0 bridgehead atoms. The number of benzene rings is 4. The molecule has 4 rings (SSSR count). The minimum atomic E-state index is -0.876. The molecule has 6 nitrogen and oxygen atoms in total. The quantitative estimate of drug-likeness (QED) is 0.263. The predicted octanol–water partition coefficient (Wildman–Crippen LogP) is 6.47. The summed E-state index contributed by atoms with van der Waals surface area (Å²) in [6, 6.07) is 31.1. The van der Waals surface area contributed by atoms with E-state index in [1.165, 1.54) is 0 Å². The fourth-order valence-electron chi connectivity index (χ4n) is 4.02. The number of nitrogens with one attached hydrogen (secondary N) is 1. The minimum Gasteiger partial charge on any atom is -0.494 e. The van der Waals surface area contributed by atoms with E-state index in [0.717, 1.165) is 38.9 Å². The average molecular weight is 496 g/mol. The van der Waals surface area contributed by atoms with Crippen molar-refractivity contribution in [2.24, 2.45) is 0 Å². The Balaban J connectivity index is 1.38. The van der Waals surface area contributed by atoms with Gasteiger partial charge in [0, 0.05) is 12.1 Å². The van der Waals surface area contributed by atoms with Gasteiger partial charge >= 0.3 is 12.1 Å². The molecular formula is C31H29NO5. The highest BCUT2D eigenvalue weighted by Crippen LogP contribution is 2.28. The second-order valence-electron chi connectivity index (χ2n) is 8.52. The molecule has 0 fully saturated rings. The highest BCUT2D eigenvalue weighted by molar-refractivity contribution is 5.73. The summed E-state index contributed by atoms with van der Waals surface area (Å²) in [7, 11) is 0. The van der Waals surface area contributed by atoms with E-state index in [9.17, 15) is 9.59 Å². The van der Waals surface area contributed by atoms with Crippen LogP contribution in [0.25, 0.3) is 22.3 Å². The number of hydrogen-bond acceptors (Lipinski definition) is 4. The molecular weight excluding hydrogens is 466 g/mol. The van der Waals surface area contributed by atoms with Gasteiger partial charge in [0.15, 0.2) is 0 Å². The Morgan fingerprint density at radius 2 is 1.43 bits per heavy atom. The average Bonchev–Trinajstić information content (AvgIpc) is 2.92. The maximum Gasteiger partial charge on any atom is 0.407 e. The van der Waals surface area contributed by atoms with Crippen LogP contribution in [0.4, 0.5) is 4.79 Å². The molecule has 0 unspecified atom stereocenters. The fraction of sp³-hybridized carbons (Fsp3) is 0.161. The normalized spacial score (nSPS) is 10.5. The van der Waals surface area contributed by atoms with Crippen LogP contribution in [0.1, 0.15) is 23.6 Å². The van der Waals surface area contributed by atoms with E-state index in [4.69, 9.17) is 14.6 Å². The van der Waals surface area contributed by atoms with Crippen LogP contribution in [-0.2, 0) is 29.1 Å². The minimum absolute atomic E-state index is 0.0416. The molecule has 0 aromatic heterocycles. The van der Waals surface area contributed by atoms with Crippen LogP contribution in [0.3, 0.4) is 0 Å². The first-order valence-corrected chi connectivity index (χ1v) is 12.1. The predicted molar refractivity (Wildman–Crippen MR) is 143 cm³/mol. The Morgan fingerprint density at radius 3 is 2.16 bits per heavy atom. The van der Waals surface area contributed by atoms with Gasteiger partial charge in [0.25, 0.3) is 0 Å². The van der Waals surface area contributed by atoms with Crippen molar-refractivity contribution in [1.82, 2.24) is 5.32 Å². The van der Waals surface area contributed by atoms with E-state index in [2.05, 4.69) is 17.4 Å². The van der Waals surface area contributed by atoms with Gasteiger partial charge in [0.1, 0.15) is 12.4 Å². The summed E-state index contributed by atoms with van der Waals surface area (Å²) in [5, 5.41) is 11.9. The lowest BCUT2D eigenvalue weighted by Gasteiger charge is -2.14. The molecule has 0 spiro atoms. The number of ether oxygens (including phenoxy) is 2. The number of hydrogen-bond donors (Lipinski definition) is 2. The van der Waals surface area contributed by atoms with Gasteiger partial charge in [-0.3, -0.25) is 4.79 Å². The molecule has 0 heterocycles. The second-order valence-corrected chi connectivity index (χ2v) is 8.52. The summed E-state index contributed by atoms with van der Waals surface area (Å²) in [4.78, 5) is 23.5. The first kappa shape index (κ1) is 25.5.